The van der Waals surface area contributed by atoms with Gasteiger partial charge in [-0.05, 0) is 25.7 Å². The molecule has 0 heterocycles. The van der Waals surface area contributed by atoms with E-state index in [0.717, 1.165) is 0 Å². The second-order valence-corrected chi connectivity index (χ2v) is 5.92. The Balaban J connectivity index is 4.15. The molecule has 0 aliphatic heterocycles. The predicted octanol–water partition coefficient (Wildman–Crippen LogP) is 1.85. The molecule has 0 saturated heterocycles. The van der Waals surface area contributed by atoms with Gasteiger partial charge >= 0.3 is 17.9 Å². The summed E-state index contributed by atoms with van der Waals surface area (Å²) in [5.74, 6) is -1.98. The van der Waals surface area contributed by atoms with E-state index in [-0.39, 0.29) is 11.5 Å². The molecule has 0 aliphatic rings. The normalized spacial score (nSPS) is 14.1. The Bertz CT molecular complexity index is 355. The summed E-state index contributed by atoms with van der Waals surface area (Å²) in [4.78, 5) is 33.5. The average molecular weight is 288 g/mol. The standard InChI is InChI=1S/C14H24O6/c1-9(7-14(4,5)6)19-13(17)10(2)20-12(16)8-18-11(3)15/h9-10H,7-8H2,1-6H3. The second-order valence-electron chi connectivity index (χ2n) is 5.92. The Labute approximate surface area is 119 Å². The van der Waals surface area contributed by atoms with Crippen molar-refractivity contribution >= 4 is 17.9 Å². The number of hydrogen-bond donors (Lipinski definition) is 0. The lowest BCUT2D eigenvalue weighted by molar-refractivity contribution is -0.174. The van der Waals surface area contributed by atoms with Crippen LogP contribution < -0.4 is 0 Å². The molecule has 20 heavy (non-hydrogen) atoms. The van der Waals surface area contributed by atoms with E-state index in [0.29, 0.717) is 6.42 Å². The minimum Gasteiger partial charge on any atom is -0.460 e. The molecule has 2 unspecified atom stereocenters. The van der Waals surface area contributed by atoms with E-state index in [4.69, 9.17) is 9.47 Å². The van der Waals surface area contributed by atoms with Crippen molar-refractivity contribution in [1.29, 1.82) is 0 Å². The van der Waals surface area contributed by atoms with Crippen molar-refractivity contribution < 1.29 is 28.6 Å². The summed E-state index contributed by atoms with van der Waals surface area (Å²) in [5.41, 5.74) is 0.0366. The van der Waals surface area contributed by atoms with Crippen LogP contribution in [0.1, 0.15) is 48.0 Å². The first-order chi connectivity index (χ1) is 9.01. The van der Waals surface area contributed by atoms with Gasteiger partial charge in [-0.15, -0.1) is 0 Å². The van der Waals surface area contributed by atoms with Crippen LogP contribution in [0.5, 0.6) is 0 Å². The molecule has 116 valence electrons. The fourth-order valence-electron chi connectivity index (χ4n) is 1.64. The molecular weight excluding hydrogens is 264 g/mol. The quantitative estimate of drug-likeness (QED) is 0.548. The van der Waals surface area contributed by atoms with Gasteiger partial charge < -0.3 is 14.2 Å². The Morgan fingerprint density at radius 2 is 1.60 bits per heavy atom. The SMILES string of the molecule is CC(=O)OCC(=O)OC(C)C(=O)OC(C)CC(C)(C)C. The van der Waals surface area contributed by atoms with Crippen molar-refractivity contribution in [3.63, 3.8) is 0 Å². The van der Waals surface area contributed by atoms with E-state index in [1.54, 1.807) is 6.92 Å². The van der Waals surface area contributed by atoms with E-state index < -0.39 is 30.6 Å². The third kappa shape index (κ3) is 9.35. The van der Waals surface area contributed by atoms with Crippen LogP contribution in [0.15, 0.2) is 0 Å². The number of ether oxygens (including phenoxy) is 3. The number of carbonyl (C=O) groups is 3. The van der Waals surface area contributed by atoms with Crippen LogP contribution in [0.2, 0.25) is 0 Å². The molecule has 0 spiro atoms. The summed E-state index contributed by atoms with van der Waals surface area (Å²) in [7, 11) is 0. The molecule has 6 nitrogen and oxygen atoms in total. The highest BCUT2D eigenvalue weighted by Gasteiger charge is 2.24. The zero-order valence-electron chi connectivity index (χ0n) is 13.0. The lowest BCUT2D eigenvalue weighted by Gasteiger charge is -2.24. The molecule has 0 aliphatic carbocycles. The molecule has 2 atom stereocenters. The maximum atomic E-state index is 11.7. The van der Waals surface area contributed by atoms with Crippen LogP contribution in [0.4, 0.5) is 0 Å². The molecule has 0 aromatic carbocycles. The number of esters is 3. The first kappa shape index (κ1) is 18.4. The first-order valence-corrected chi connectivity index (χ1v) is 6.54. The summed E-state index contributed by atoms with van der Waals surface area (Å²) in [6, 6.07) is 0. The van der Waals surface area contributed by atoms with Gasteiger partial charge in [0.25, 0.3) is 0 Å². The van der Waals surface area contributed by atoms with Crippen LogP contribution in [0.3, 0.4) is 0 Å². The van der Waals surface area contributed by atoms with Crippen molar-refractivity contribution in [2.75, 3.05) is 6.61 Å². The van der Waals surface area contributed by atoms with Crippen molar-refractivity contribution in [3.05, 3.63) is 0 Å². The summed E-state index contributed by atoms with van der Waals surface area (Å²) in [5, 5.41) is 0. The third-order valence-corrected chi connectivity index (χ3v) is 2.25. The van der Waals surface area contributed by atoms with Gasteiger partial charge in [0.2, 0.25) is 0 Å². The second kappa shape index (κ2) is 7.87. The van der Waals surface area contributed by atoms with E-state index in [9.17, 15) is 14.4 Å². The predicted molar refractivity (Wildman–Crippen MR) is 71.8 cm³/mol. The van der Waals surface area contributed by atoms with E-state index >= 15 is 0 Å². The van der Waals surface area contributed by atoms with Gasteiger partial charge in [-0.25, -0.2) is 9.59 Å². The zero-order chi connectivity index (χ0) is 15.9. The molecule has 0 radical (unpaired) electrons. The van der Waals surface area contributed by atoms with Gasteiger partial charge in [-0.2, -0.15) is 0 Å². The average Bonchev–Trinajstić information content (AvgIpc) is 2.23. The minimum atomic E-state index is -1.03. The highest BCUT2D eigenvalue weighted by molar-refractivity contribution is 5.80. The zero-order valence-corrected chi connectivity index (χ0v) is 13.0. The topological polar surface area (TPSA) is 78.9 Å². The van der Waals surface area contributed by atoms with Crippen LogP contribution in [0, 0.1) is 5.41 Å². The maximum Gasteiger partial charge on any atom is 0.347 e. The van der Waals surface area contributed by atoms with Crippen LogP contribution in [-0.2, 0) is 28.6 Å². The molecule has 0 aromatic rings. The van der Waals surface area contributed by atoms with Crippen molar-refractivity contribution in [1.82, 2.24) is 0 Å². The summed E-state index contributed by atoms with van der Waals surface area (Å²) in [6.07, 6.45) is -0.593. The van der Waals surface area contributed by atoms with Crippen molar-refractivity contribution in [2.24, 2.45) is 5.41 Å². The number of rotatable bonds is 6. The molecule has 0 fully saturated rings. The maximum absolute atomic E-state index is 11.7. The van der Waals surface area contributed by atoms with Gasteiger partial charge in [-0.1, -0.05) is 20.8 Å². The fourth-order valence-corrected chi connectivity index (χ4v) is 1.64. The van der Waals surface area contributed by atoms with Crippen LogP contribution in [0.25, 0.3) is 0 Å². The van der Waals surface area contributed by atoms with E-state index in [1.807, 2.05) is 20.8 Å². The smallest absolute Gasteiger partial charge is 0.347 e. The Morgan fingerprint density at radius 1 is 1.05 bits per heavy atom. The Morgan fingerprint density at radius 3 is 2.05 bits per heavy atom. The van der Waals surface area contributed by atoms with Crippen LogP contribution >= 0.6 is 0 Å². The molecule has 0 amide bonds. The van der Waals surface area contributed by atoms with Gasteiger partial charge in [0.1, 0.15) is 0 Å². The molecule has 0 rings (SSSR count). The lowest BCUT2D eigenvalue weighted by atomic mass is 9.90. The third-order valence-electron chi connectivity index (χ3n) is 2.25. The molecule has 0 saturated carbocycles. The highest BCUT2D eigenvalue weighted by atomic mass is 16.6. The highest BCUT2D eigenvalue weighted by Crippen LogP contribution is 2.22. The number of carbonyl (C=O) groups excluding carboxylic acids is 3. The monoisotopic (exact) mass is 288 g/mol. The van der Waals surface area contributed by atoms with Crippen LogP contribution in [-0.4, -0.2) is 36.7 Å². The molecule has 6 heteroatoms. The Hall–Kier alpha value is -1.59. The molecule has 0 bridgehead atoms. The van der Waals surface area contributed by atoms with Gasteiger partial charge in [-0.3, -0.25) is 4.79 Å². The summed E-state index contributed by atoms with van der Waals surface area (Å²) < 4.78 is 14.5. The number of hydrogen-bond acceptors (Lipinski definition) is 6. The summed E-state index contributed by atoms with van der Waals surface area (Å²) >= 11 is 0. The molecule has 0 aromatic heterocycles. The molecule has 0 N–H and O–H groups in total. The fraction of sp³-hybridized carbons (Fsp3) is 0.786. The van der Waals surface area contributed by atoms with E-state index in [1.165, 1.54) is 13.8 Å². The van der Waals surface area contributed by atoms with Gasteiger partial charge in [0.15, 0.2) is 12.7 Å². The van der Waals surface area contributed by atoms with Crippen molar-refractivity contribution in [3.8, 4) is 0 Å². The largest absolute Gasteiger partial charge is 0.460 e. The minimum absolute atomic E-state index is 0.0366. The molecular formula is C14H24O6. The Kier molecular flexibility index (Phi) is 7.24. The summed E-state index contributed by atoms with van der Waals surface area (Å²) in [6.45, 7) is 10.00. The van der Waals surface area contributed by atoms with Gasteiger partial charge in [0, 0.05) is 6.92 Å². The van der Waals surface area contributed by atoms with E-state index in [2.05, 4.69) is 4.74 Å². The van der Waals surface area contributed by atoms with Gasteiger partial charge in [0.05, 0.1) is 6.10 Å². The van der Waals surface area contributed by atoms with Crippen molar-refractivity contribution in [2.45, 2.75) is 60.2 Å². The lowest BCUT2D eigenvalue weighted by Crippen LogP contribution is -2.31. The first-order valence-electron chi connectivity index (χ1n) is 6.54.